The Kier molecular flexibility index (Phi) is 7.62. The molecule has 0 radical (unpaired) electrons. The predicted molar refractivity (Wildman–Crippen MR) is 147 cm³/mol. The van der Waals surface area contributed by atoms with Crippen molar-refractivity contribution in [3.05, 3.63) is 11.6 Å². The standard InChI is InChI=1S/C32H48O9/c1-17-29(35)24(37-5)14-27(39-17)41-21-8-10-30(3)20(13-21)6-7-23-22(30)9-11-31(4)28(19-12-26(34)38-16-19)25(40-18(2)33)15-32(23,31)36/h12,17,20-25,27-29,35-36H,6-11,13-16H2,1-5H3/t17-,20+,21-,22-,23+,24+,25-,27-,28-,29-,30-,31+,32-/m0/s1. The highest BCUT2D eigenvalue weighted by Gasteiger charge is 2.71. The quantitative estimate of drug-likeness (QED) is 0.373. The molecular weight excluding hydrogens is 528 g/mol. The maximum atomic E-state index is 12.7. The van der Waals surface area contributed by atoms with Gasteiger partial charge < -0.3 is 33.9 Å². The number of carbonyl (C=O) groups is 2. The summed E-state index contributed by atoms with van der Waals surface area (Å²) in [6.07, 6.45) is 7.14. The van der Waals surface area contributed by atoms with E-state index in [0.29, 0.717) is 24.7 Å². The Hall–Kier alpha value is -1.52. The third-order valence-electron chi connectivity index (χ3n) is 12.5. The largest absolute Gasteiger partial charge is 0.462 e. The molecule has 0 amide bonds. The minimum atomic E-state index is -0.990. The zero-order chi connectivity index (χ0) is 29.3. The Morgan fingerprint density at radius 1 is 1.07 bits per heavy atom. The van der Waals surface area contributed by atoms with Gasteiger partial charge in [0.25, 0.3) is 0 Å². The molecule has 0 aromatic heterocycles. The Morgan fingerprint density at radius 3 is 2.54 bits per heavy atom. The van der Waals surface area contributed by atoms with Crippen LogP contribution in [0.5, 0.6) is 0 Å². The molecule has 2 aliphatic heterocycles. The number of cyclic esters (lactones) is 1. The summed E-state index contributed by atoms with van der Waals surface area (Å²) in [6.45, 7) is 8.06. The first-order valence-electron chi connectivity index (χ1n) is 15.7. The van der Waals surface area contributed by atoms with Crippen molar-refractivity contribution in [1.29, 1.82) is 0 Å². The van der Waals surface area contributed by atoms with Crippen molar-refractivity contribution in [3.8, 4) is 0 Å². The zero-order valence-electron chi connectivity index (χ0n) is 25.2. The Bertz CT molecular complexity index is 1080. The lowest BCUT2D eigenvalue weighted by Gasteiger charge is -2.63. The van der Waals surface area contributed by atoms with E-state index in [0.717, 1.165) is 50.5 Å². The Balaban J connectivity index is 1.19. The maximum Gasteiger partial charge on any atom is 0.331 e. The van der Waals surface area contributed by atoms with Gasteiger partial charge in [-0.25, -0.2) is 4.79 Å². The van der Waals surface area contributed by atoms with Gasteiger partial charge in [0.2, 0.25) is 0 Å². The van der Waals surface area contributed by atoms with Crippen LogP contribution in [0.2, 0.25) is 0 Å². The van der Waals surface area contributed by atoms with Gasteiger partial charge in [0.15, 0.2) is 6.29 Å². The smallest absolute Gasteiger partial charge is 0.331 e. The molecule has 2 heterocycles. The van der Waals surface area contributed by atoms with Crippen molar-refractivity contribution in [3.63, 3.8) is 0 Å². The molecule has 41 heavy (non-hydrogen) atoms. The normalized spacial score (nSPS) is 51.2. The van der Waals surface area contributed by atoms with Crippen LogP contribution >= 0.6 is 0 Å². The highest BCUT2D eigenvalue weighted by Crippen LogP contribution is 2.70. The molecule has 9 nitrogen and oxygen atoms in total. The van der Waals surface area contributed by atoms with E-state index in [-0.39, 0.29) is 60.4 Å². The van der Waals surface area contributed by atoms with Gasteiger partial charge in [0.1, 0.15) is 18.8 Å². The molecule has 9 heteroatoms. The summed E-state index contributed by atoms with van der Waals surface area (Å²) < 4.78 is 29.1. The second kappa shape index (κ2) is 10.6. The van der Waals surface area contributed by atoms with E-state index in [2.05, 4.69) is 13.8 Å². The third-order valence-corrected chi connectivity index (χ3v) is 12.5. The number of aliphatic hydroxyl groups excluding tert-OH is 1. The number of methoxy groups -OCH3 is 1. The van der Waals surface area contributed by atoms with Crippen LogP contribution in [0.15, 0.2) is 11.6 Å². The summed E-state index contributed by atoms with van der Waals surface area (Å²) in [6, 6.07) is 0. The van der Waals surface area contributed by atoms with Crippen molar-refractivity contribution in [2.24, 2.45) is 34.5 Å². The molecular formula is C32H48O9. The summed E-state index contributed by atoms with van der Waals surface area (Å²) >= 11 is 0. The number of aliphatic hydroxyl groups is 2. The third kappa shape index (κ3) is 4.69. The predicted octanol–water partition coefficient (Wildman–Crippen LogP) is 3.68. The molecule has 4 aliphatic carbocycles. The van der Waals surface area contributed by atoms with Crippen molar-refractivity contribution in [2.75, 3.05) is 13.7 Å². The summed E-state index contributed by atoms with van der Waals surface area (Å²) in [5, 5.41) is 23.0. The van der Waals surface area contributed by atoms with E-state index in [1.54, 1.807) is 13.2 Å². The van der Waals surface area contributed by atoms with E-state index in [4.69, 9.17) is 23.7 Å². The Morgan fingerprint density at radius 2 is 1.85 bits per heavy atom. The van der Waals surface area contributed by atoms with Crippen LogP contribution in [-0.2, 0) is 33.3 Å². The number of hydrogen-bond donors (Lipinski definition) is 2. The highest BCUT2D eigenvalue weighted by atomic mass is 16.7. The maximum absolute atomic E-state index is 12.7. The number of carbonyl (C=O) groups excluding carboxylic acids is 2. The average molecular weight is 577 g/mol. The topological polar surface area (TPSA) is 121 Å². The lowest BCUT2D eigenvalue weighted by molar-refractivity contribution is -0.273. The molecule has 6 rings (SSSR count). The summed E-state index contributed by atoms with van der Waals surface area (Å²) in [4.78, 5) is 24.2. The summed E-state index contributed by atoms with van der Waals surface area (Å²) in [7, 11) is 1.62. The second-order valence-electron chi connectivity index (χ2n) is 14.3. The van der Waals surface area contributed by atoms with E-state index >= 15 is 0 Å². The minimum Gasteiger partial charge on any atom is -0.462 e. The van der Waals surface area contributed by atoms with Crippen molar-refractivity contribution >= 4 is 11.9 Å². The first-order valence-corrected chi connectivity index (χ1v) is 15.7. The van der Waals surface area contributed by atoms with Gasteiger partial charge in [-0.2, -0.15) is 0 Å². The molecule has 4 saturated carbocycles. The van der Waals surface area contributed by atoms with E-state index in [1.807, 2.05) is 6.92 Å². The van der Waals surface area contributed by atoms with Gasteiger partial charge in [0, 0.05) is 44.3 Å². The lowest BCUT2D eigenvalue weighted by atomic mass is 9.43. The SMILES string of the molecule is CO[C@@H]1C[C@H](O[C@H]2CC[C@@]3(C)[C@H](CC[C@@H]4[C@@H]3CC[C@]3(C)[C@@H](C5=CC(=O)OC5)[C@@H](OC(C)=O)C[C@]43O)C2)O[C@@H](C)[C@@H]1O. The molecule has 1 saturated heterocycles. The number of fused-ring (bicyclic) bond motifs is 5. The second-order valence-corrected chi connectivity index (χ2v) is 14.3. The van der Waals surface area contributed by atoms with Crippen molar-refractivity contribution < 1.29 is 43.5 Å². The minimum absolute atomic E-state index is 0.0898. The van der Waals surface area contributed by atoms with Crippen LogP contribution in [0, 0.1) is 34.5 Å². The van der Waals surface area contributed by atoms with Crippen LogP contribution in [0.3, 0.4) is 0 Å². The first kappa shape index (κ1) is 29.5. The molecule has 5 fully saturated rings. The fourth-order valence-electron chi connectivity index (χ4n) is 10.4. The van der Waals surface area contributed by atoms with Gasteiger partial charge in [-0.15, -0.1) is 0 Å². The number of ether oxygens (including phenoxy) is 5. The number of hydrogen-bond acceptors (Lipinski definition) is 9. The van der Waals surface area contributed by atoms with Crippen LogP contribution < -0.4 is 0 Å². The van der Waals surface area contributed by atoms with Gasteiger partial charge in [-0.05, 0) is 80.6 Å². The van der Waals surface area contributed by atoms with Crippen molar-refractivity contribution in [1.82, 2.24) is 0 Å². The van der Waals surface area contributed by atoms with E-state index in [9.17, 15) is 19.8 Å². The van der Waals surface area contributed by atoms with Crippen LogP contribution in [0.1, 0.15) is 85.5 Å². The van der Waals surface area contributed by atoms with Crippen molar-refractivity contribution in [2.45, 2.75) is 128 Å². The number of rotatable bonds is 5. The fraction of sp³-hybridized carbons (Fsp3) is 0.875. The van der Waals surface area contributed by atoms with E-state index in [1.165, 1.54) is 6.92 Å². The fourth-order valence-corrected chi connectivity index (χ4v) is 10.4. The van der Waals surface area contributed by atoms with Gasteiger partial charge in [0.05, 0.1) is 23.9 Å². The molecule has 0 aromatic rings. The van der Waals surface area contributed by atoms with Gasteiger partial charge >= 0.3 is 11.9 Å². The summed E-state index contributed by atoms with van der Waals surface area (Å²) in [5.74, 6) is 0.0175. The van der Waals surface area contributed by atoms with E-state index < -0.39 is 23.2 Å². The van der Waals surface area contributed by atoms with Crippen LogP contribution in [0.25, 0.3) is 0 Å². The molecule has 0 spiro atoms. The number of esters is 2. The monoisotopic (exact) mass is 576 g/mol. The molecule has 6 aliphatic rings. The van der Waals surface area contributed by atoms with Gasteiger partial charge in [-0.3, -0.25) is 4.79 Å². The highest BCUT2D eigenvalue weighted by molar-refractivity contribution is 5.85. The molecule has 0 aromatic carbocycles. The molecule has 2 N–H and O–H groups in total. The molecule has 13 atom stereocenters. The molecule has 0 bridgehead atoms. The molecule has 0 unspecified atom stereocenters. The Labute approximate surface area is 243 Å². The first-order chi connectivity index (χ1) is 19.4. The zero-order valence-corrected chi connectivity index (χ0v) is 25.2. The van der Waals surface area contributed by atoms with Gasteiger partial charge in [-0.1, -0.05) is 13.8 Å². The van der Waals surface area contributed by atoms with Crippen LogP contribution in [0.4, 0.5) is 0 Å². The van der Waals surface area contributed by atoms with Crippen LogP contribution in [-0.4, -0.2) is 78.3 Å². The average Bonchev–Trinajstić information content (AvgIpc) is 3.42. The molecule has 230 valence electrons. The summed E-state index contributed by atoms with van der Waals surface area (Å²) in [5.41, 5.74) is -0.559. The lowest BCUT2D eigenvalue weighted by Crippen LogP contribution is -2.62.